The zero-order valence-electron chi connectivity index (χ0n) is 11.8. The van der Waals surface area contributed by atoms with Crippen molar-refractivity contribution in [1.29, 1.82) is 0 Å². The zero-order valence-corrected chi connectivity index (χ0v) is 11.8. The first-order valence-corrected chi connectivity index (χ1v) is 6.58. The van der Waals surface area contributed by atoms with Crippen molar-refractivity contribution in [2.45, 2.75) is 20.4 Å². The maximum Gasteiger partial charge on any atom is 0.231 e. The molecule has 1 aliphatic heterocycles. The number of ether oxygens (including phenoxy) is 2. The lowest BCUT2D eigenvalue weighted by molar-refractivity contribution is -0.119. The molecule has 1 aromatic rings. The number of amides is 1. The minimum atomic E-state index is -0.383. The lowest BCUT2D eigenvalue weighted by Gasteiger charge is -2.23. The van der Waals surface area contributed by atoms with Crippen molar-refractivity contribution in [1.82, 2.24) is 4.90 Å². The number of rotatable bonds is 6. The fraction of sp³-hybridized carbons (Fsp3) is 0.500. The number of fused-ring (bicyclic) bond motifs is 1. The highest BCUT2D eigenvalue weighted by molar-refractivity contribution is 5.75. The molecular formula is C14H20N2O4. The van der Waals surface area contributed by atoms with Gasteiger partial charge in [-0.3, -0.25) is 9.69 Å². The summed E-state index contributed by atoms with van der Waals surface area (Å²) in [6, 6.07) is 3.28. The fourth-order valence-corrected chi connectivity index (χ4v) is 2.26. The van der Waals surface area contributed by atoms with Crippen molar-refractivity contribution in [2.24, 2.45) is 11.7 Å². The summed E-state index contributed by atoms with van der Waals surface area (Å²) in [5, 5.41) is 10.0. The summed E-state index contributed by atoms with van der Waals surface area (Å²) in [4.78, 5) is 13.0. The van der Waals surface area contributed by atoms with Gasteiger partial charge in [-0.15, -0.1) is 0 Å². The number of carbonyl (C=O) groups is 1. The maximum atomic E-state index is 11.1. The Balaban J connectivity index is 2.15. The lowest BCUT2D eigenvalue weighted by Crippen LogP contribution is -2.35. The molecule has 1 heterocycles. The summed E-state index contributed by atoms with van der Waals surface area (Å²) in [6.07, 6.45) is 0. The van der Waals surface area contributed by atoms with Crippen LogP contribution in [0.1, 0.15) is 19.4 Å². The van der Waals surface area contributed by atoms with Gasteiger partial charge in [0.15, 0.2) is 11.5 Å². The molecule has 0 spiro atoms. The third-order valence-corrected chi connectivity index (χ3v) is 2.97. The van der Waals surface area contributed by atoms with Crippen LogP contribution in [-0.2, 0) is 11.3 Å². The summed E-state index contributed by atoms with van der Waals surface area (Å²) in [6.45, 7) is 5.60. The van der Waals surface area contributed by atoms with E-state index in [2.05, 4.69) is 13.8 Å². The Morgan fingerprint density at radius 1 is 1.40 bits per heavy atom. The number of carbonyl (C=O) groups excluding carboxylic acids is 1. The van der Waals surface area contributed by atoms with Crippen LogP contribution in [0, 0.1) is 5.92 Å². The number of aromatic hydroxyl groups is 1. The van der Waals surface area contributed by atoms with E-state index < -0.39 is 0 Å². The van der Waals surface area contributed by atoms with E-state index in [4.69, 9.17) is 15.2 Å². The van der Waals surface area contributed by atoms with E-state index in [0.29, 0.717) is 29.5 Å². The topological polar surface area (TPSA) is 85.0 Å². The second-order valence-corrected chi connectivity index (χ2v) is 5.36. The highest BCUT2D eigenvalue weighted by Crippen LogP contribution is 2.38. The van der Waals surface area contributed by atoms with Crippen molar-refractivity contribution in [2.75, 3.05) is 19.9 Å². The molecule has 110 valence electrons. The van der Waals surface area contributed by atoms with E-state index in [1.165, 1.54) is 6.07 Å². The van der Waals surface area contributed by atoms with Gasteiger partial charge in [0.25, 0.3) is 0 Å². The van der Waals surface area contributed by atoms with E-state index in [9.17, 15) is 9.90 Å². The Bertz CT molecular complexity index is 502. The number of hydrogen-bond donors (Lipinski definition) is 2. The molecule has 0 bridgehead atoms. The van der Waals surface area contributed by atoms with Crippen molar-refractivity contribution in [3.63, 3.8) is 0 Å². The molecule has 0 aliphatic carbocycles. The van der Waals surface area contributed by atoms with E-state index in [-0.39, 0.29) is 25.0 Å². The van der Waals surface area contributed by atoms with Crippen LogP contribution < -0.4 is 15.2 Å². The van der Waals surface area contributed by atoms with Gasteiger partial charge in [0, 0.05) is 24.7 Å². The number of phenols is 1. The molecule has 0 radical (unpaired) electrons. The minimum absolute atomic E-state index is 0.132. The summed E-state index contributed by atoms with van der Waals surface area (Å²) >= 11 is 0. The average Bonchev–Trinajstić information content (AvgIpc) is 2.74. The third kappa shape index (κ3) is 3.54. The molecule has 20 heavy (non-hydrogen) atoms. The lowest BCUT2D eigenvalue weighted by atomic mass is 10.1. The predicted molar refractivity (Wildman–Crippen MR) is 73.5 cm³/mol. The smallest absolute Gasteiger partial charge is 0.231 e. The fourth-order valence-electron chi connectivity index (χ4n) is 2.26. The quantitative estimate of drug-likeness (QED) is 0.814. The number of primary amides is 1. The van der Waals surface area contributed by atoms with Crippen LogP contribution in [-0.4, -0.2) is 35.8 Å². The average molecular weight is 280 g/mol. The Kier molecular flexibility index (Phi) is 4.34. The molecule has 6 heteroatoms. The van der Waals surface area contributed by atoms with E-state index in [0.717, 1.165) is 6.54 Å². The molecule has 3 N–H and O–H groups in total. The second kappa shape index (κ2) is 6.00. The van der Waals surface area contributed by atoms with Crippen LogP contribution in [0.25, 0.3) is 0 Å². The van der Waals surface area contributed by atoms with Gasteiger partial charge >= 0.3 is 0 Å². The van der Waals surface area contributed by atoms with Crippen LogP contribution in [0.3, 0.4) is 0 Å². The number of nitrogens with zero attached hydrogens (tertiary/aromatic N) is 1. The van der Waals surface area contributed by atoms with Crippen LogP contribution in [0.2, 0.25) is 0 Å². The van der Waals surface area contributed by atoms with Crippen LogP contribution in [0.5, 0.6) is 17.2 Å². The minimum Gasteiger partial charge on any atom is -0.507 e. The maximum absolute atomic E-state index is 11.1. The molecule has 0 aromatic heterocycles. The van der Waals surface area contributed by atoms with Gasteiger partial charge in [0.05, 0.1) is 6.54 Å². The standard InChI is InChI=1S/C14H20N2O4/c1-9(2)5-16(7-14(15)18)6-10-3-12-13(4-11(10)17)20-8-19-12/h3-4,9,17H,5-8H2,1-2H3,(H2,15,18). The monoisotopic (exact) mass is 280 g/mol. The molecule has 0 fully saturated rings. The summed E-state index contributed by atoms with van der Waals surface area (Å²) < 4.78 is 10.5. The molecule has 6 nitrogen and oxygen atoms in total. The van der Waals surface area contributed by atoms with Crippen molar-refractivity contribution in [3.05, 3.63) is 17.7 Å². The summed E-state index contributed by atoms with van der Waals surface area (Å²) in [7, 11) is 0. The van der Waals surface area contributed by atoms with Crippen molar-refractivity contribution < 1.29 is 19.4 Å². The third-order valence-electron chi connectivity index (χ3n) is 2.97. The number of nitrogens with two attached hydrogens (primary N) is 1. The first-order chi connectivity index (χ1) is 9.45. The molecule has 1 aliphatic rings. The zero-order chi connectivity index (χ0) is 14.7. The van der Waals surface area contributed by atoms with Gasteiger partial charge in [0.2, 0.25) is 12.7 Å². The first-order valence-electron chi connectivity index (χ1n) is 6.58. The molecule has 1 amide bonds. The second-order valence-electron chi connectivity index (χ2n) is 5.36. The highest BCUT2D eigenvalue weighted by Gasteiger charge is 2.19. The van der Waals surface area contributed by atoms with Crippen molar-refractivity contribution in [3.8, 4) is 17.2 Å². The van der Waals surface area contributed by atoms with Gasteiger partial charge in [0.1, 0.15) is 5.75 Å². The Labute approximate surface area is 118 Å². The number of hydrogen-bond acceptors (Lipinski definition) is 5. The van der Waals surface area contributed by atoms with E-state index in [1.807, 2.05) is 4.90 Å². The van der Waals surface area contributed by atoms with Gasteiger partial charge in [-0.1, -0.05) is 13.8 Å². The molecule has 1 aromatic carbocycles. The van der Waals surface area contributed by atoms with Crippen LogP contribution >= 0.6 is 0 Å². The van der Waals surface area contributed by atoms with E-state index >= 15 is 0 Å². The van der Waals surface area contributed by atoms with Crippen LogP contribution in [0.4, 0.5) is 0 Å². The Morgan fingerprint density at radius 3 is 2.65 bits per heavy atom. The normalized spacial score (nSPS) is 13.2. The largest absolute Gasteiger partial charge is 0.507 e. The SMILES string of the molecule is CC(C)CN(CC(N)=O)Cc1cc2c(cc1O)OCO2. The van der Waals surface area contributed by atoms with Gasteiger partial charge < -0.3 is 20.3 Å². The van der Waals surface area contributed by atoms with Gasteiger partial charge in [-0.25, -0.2) is 0 Å². The molecule has 2 rings (SSSR count). The Morgan fingerprint density at radius 2 is 2.05 bits per heavy atom. The molecule has 0 saturated carbocycles. The van der Waals surface area contributed by atoms with E-state index in [1.54, 1.807) is 6.07 Å². The summed E-state index contributed by atoms with van der Waals surface area (Å²) in [5.74, 6) is 1.29. The van der Waals surface area contributed by atoms with Crippen molar-refractivity contribution >= 4 is 5.91 Å². The van der Waals surface area contributed by atoms with Crippen LogP contribution in [0.15, 0.2) is 12.1 Å². The van der Waals surface area contributed by atoms with Gasteiger partial charge in [-0.05, 0) is 12.0 Å². The molecule has 0 atom stereocenters. The summed E-state index contributed by atoms with van der Waals surface area (Å²) in [5.41, 5.74) is 5.95. The predicted octanol–water partition coefficient (Wildman–Crippen LogP) is 1.06. The van der Waals surface area contributed by atoms with Gasteiger partial charge in [-0.2, -0.15) is 0 Å². The number of benzene rings is 1. The number of phenolic OH excluding ortho intramolecular Hbond substituents is 1. The Hall–Kier alpha value is -1.95. The molecule has 0 saturated heterocycles. The molecule has 0 unspecified atom stereocenters. The highest BCUT2D eigenvalue weighted by atomic mass is 16.7. The molecular weight excluding hydrogens is 260 g/mol. The first kappa shape index (κ1) is 14.5.